The fraction of sp³-hybridized carbons (Fsp3) is 0.531. The van der Waals surface area contributed by atoms with Gasteiger partial charge < -0.3 is 20.3 Å². The lowest BCUT2D eigenvalue weighted by molar-refractivity contribution is -0.141. The average Bonchev–Trinajstić information content (AvgIpc) is 3.55. The molecule has 2 aromatic rings. The maximum Gasteiger partial charge on any atom is 0.408 e. The summed E-state index contributed by atoms with van der Waals surface area (Å²) < 4.78 is 5.50. The first-order valence-electron chi connectivity index (χ1n) is 14.0. The number of ether oxygens (including phenoxy) is 1. The molecule has 1 aliphatic rings. The topological polar surface area (TPSA) is 87.7 Å². The lowest BCUT2D eigenvalue weighted by Gasteiger charge is -2.35. The molecule has 7 nitrogen and oxygen atoms in total. The van der Waals surface area contributed by atoms with Crippen LogP contribution in [-0.2, 0) is 14.3 Å². The van der Waals surface area contributed by atoms with Crippen molar-refractivity contribution in [3.8, 4) is 0 Å². The van der Waals surface area contributed by atoms with Crippen LogP contribution < -0.4 is 10.6 Å². The molecule has 0 spiro atoms. The number of anilines is 1. The summed E-state index contributed by atoms with van der Waals surface area (Å²) in [4.78, 5) is 43.2. The van der Waals surface area contributed by atoms with E-state index in [1.54, 1.807) is 37.4 Å². The molecule has 40 heavy (non-hydrogen) atoms. The highest BCUT2D eigenvalue weighted by atomic mass is 32.2. The predicted octanol–water partition coefficient (Wildman–Crippen LogP) is 6.48. The van der Waals surface area contributed by atoms with Crippen molar-refractivity contribution in [3.63, 3.8) is 0 Å². The molecule has 0 saturated heterocycles. The Bertz CT molecular complexity index is 1200. The molecule has 3 rings (SSSR count). The van der Waals surface area contributed by atoms with Crippen molar-refractivity contribution in [2.75, 3.05) is 17.3 Å². The molecule has 1 fully saturated rings. The summed E-state index contributed by atoms with van der Waals surface area (Å²) in [5.74, 6) is 0.377. The normalized spacial score (nSPS) is 17.9. The molecule has 2 N–H and O–H groups in total. The van der Waals surface area contributed by atoms with Gasteiger partial charge in [-0.05, 0) is 95.9 Å². The number of rotatable bonds is 10. The molecule has 4 atom stereocenters. The number of benzene rings is 2. The molecule has 218 valence electrons. The van der Waals surface area contributed by atoms with Gasteiger partial charge in [-0.25, -0.2) is 4.79 Å². The van der Waals surface area contributed by atoms with E-state index >= 15 is 0 Å². The molecule has 1 saturated carbocycles. The van der Waals surface area contributed by atoms with Crippen LogP contribution in [0.1, 0.15) is 74.4 Å². The molecule has 0 bridgehead atoms. The fourth-order valence-corrected chi connectivity index (χ4v) is 5.58. The van der Waals surface area contributed by atoms with Gasteiger partial charge in [0.05, 0.1) is 0 Å². The van der Waals surface area contributed by atoms with Gasteiger partial charge >= 0.3 is 6.09 Å². The van der Waals surface area contributed by atoms with E-state index in [2.05, 4.69) is 23.6 Å². The van der Waals surface area contributed by atoms with Crippen LogP contribution in [0.3, 0.4) is 0 Å². The Hall–Kier alpha value is -3.00. The highest BCUT2D eigenvalue weighted by Gasteiger charge is 2.48. The van der Waals surface area contributed by atoms with Gasteiger partial charge in [0.1, 0.15) is 17.7 Å². The van der Waals surface area contributed by atoms with E-state index in [0.717, 1.165) is 39.9 Å². The molecule has 3 amide bonds. The van der Waals surface area contributed by atoms with E-state index < -0.39 is 23.8 Å². The van der Waals surface area contributed by atoms with Gasteiger partial charge in [0.2, 0.25) is 5.91 Å². The quantitative estimate of drug-likeness (QED) is 0.343. The molecule has 0 aliphatic heterocycles. The van der Waals surface area contributed by atoms with E-state index in [0.29, 0.717) is 12.2 Å². The number of para-hydroxylation sites is 1. The molecule has 0 heterocycles. The van der Waals surface area contributed by atoms with Gasteiger partial charge in [0.25, 0.3) is 5.91 Å². The minimum Gasteiger partial charge on any atom is -0.444 e. The lowest BCUT2D eigenvalue weighted by Crippen LogP contribution is -2.53. The Balaban J connectivity index is 2.08. The van der Waals surface area contributed by atoms with Gasteiger partial charge in [-0.2, -0.15) is 11.8 Å². The highest BCUT2D eigenvalue weighted by Crippen LogP contribution is 2.41. The summed E-state index contributed by atoms with van der Waals surface area (Å²) in [6.45, 7) is 15.4. The van der Waals surface area contributed by atoms with Crippen molar-refractivity contribution in [1.29, 1.82) is 0 Å². The van der Waals surface area contributed by atoms with Gasteiger partial charge in [0, 0.05) is 11.7 Å². The summed E-state index contributed by atoms with van der Waals surface area (Å²) in [5, 5.41) is 5.98. The molecular formula is C32H45N3O4S. The standard InChI is InChI=1S/C32H45N3O4S/c1-19-15-20(2)17-24(16-19)28(29(36)34-27-21(3)11-10-12-22(27)4)35(26-18-23(26)5)30(37)25(13-14-40-9)33-31(38)39-32(6,7)8/h10-12,15-17,23,25-26,28H,13-14,18H2,1-9H3,(H,33,38)(H,34,36). The third-order valence-corrected chi connectivity index (χ3v) is 7.74. The molecule has 1 aliphatic carbocycles. The number of carbonyl (C=O) groups excluding carboxylic acids is 3. The van der Waals surface area contributed by atoms with Crippen LogP contribution in [0.4, 0.5) is 10.5 Å². The van der Waals surface area contributed by atoms with Crippen molar-refractivity contribution < 1.29 is 19.1 Å². The van der Waals surface area contributed by atoms with Gasteiger partial charge in [-0.1, -0.05) is 54.4 Å². The predicted molar refractivity (Wildman–Crippen MR) is 164 cm³/mol. The average molecular weight is 568 g/mol. The van der Waals surface area contributed by atoms with Crippen LogP contribution in [0.15, 0.2) is 36.4 Å². The maximum atomic E-state index is 14.4. The van der Waals surface area contributed by atoms with Crippen LogP contribution in [0.25, 0.3) is 0 Å². The summed E-state index contributed by atoms with van der Waals surface area (Å²) in [5.41, 5.74) is 4.75. The summed E-state index contributed by atoms with van der Waals surface area (Å²) in [6, 6.07) is 10.1. The van der Waals surface area contributed by atoms with Crippen LogP contribution >= 0.6 is 11.8 Å². The Kier molecular flexibility index (Phi) is 10.3. The van der Waals surface area contributed by atoms with Crippen LogP contribution in [0.2, 0.25) is 0 Å². The number of alkyl carbamates (subject to hydrolysis) is 1. The molecule has 2 aromatic carbocycles. The largest absolute Gasteiger partial charge is 0.444 e. The first kappa shape index (κ1) is 31.5. The van der Waals surface area contributed by atoms with E-state index in [4.69, 9.17) is 4.74 Å². The zero-order chi connectivity index (χ0) is 29.8. The van der Waals surface area contributed by atoms with E-state index in [9.17, 15) is 14.4 Å². The van der Waals surface area contributed by atoms with Gasteiger partial charge in [-0.15, -0.1) is 0 Å². The Morgan fingerprint density at radius 2 is 1.62 bits per heavy atom. The van der Waals surface area contributed by atoms with Crippen LogP contribution in [0.5, 0.6) is 0 Å². The number of hydrogen-bond acceptors (Lipinski definition) is 5. The number of carbonyl (C=O) groups is 3. The number of thioether (sulfide) groups is 1. The van der Waals surface area contributed by atoms with Crippen molar-refractivity contribution in [2.24, 2.45) is 5.92 Å². The van der Waals surface area contributed by atoms with Gasteiger partial charge in [0.15, 0.2) is 0 Å². The Morgan fingerprint density at radius 3 is 2.12 bits per heavy atom. The third-order valence-electron chi connectivity index (χ3n) is 7.09. The highest BCUT2D eigenvalue weighted by molar-refractivity contribution is 7.98. The number of nitrogens with one attached hydrogen (secondary N) is 2. The second kappa shape index (κ2) is 13.1. The second-order valence-electron chi connectivity index (χ2n) is 12.1. The van der Waals surface area contributed by atoms with Crippen LogP contribution in [0, 0.1) is 33.6 Å². The Labute approximate surface area is 243 Å². The maximum absolute atomic E-state index is 14.4. The van der Waals surface area contributed by atoms with Gasteiger partial charge in [-0.3, -0.25) is 9.59 Å². The minimum absolute atomic E-state index is 0.112. The monoisotopic (exact) mass is 567 g/mol. The number of nitrogens with zero attached hydrogens (tertiary/aromatic N) is 1. The summed E-state index contributed by atoms with van der Waals surface area (Å²) in [6.07, 6.45) is 2.55. The molecule has 0 radical (unpaired) electrons. The zero-order valence-electron chi connectivity index (χ0n) is 25.4. The van der Waals surface area contributed by atoms with E-state index in [-0.39, 0.29) is 23.8 Å². The number of hydrogen-bond donors (Lipinski definition) is 2. The molecular weight excluding hydrogens is 522 g/mol. The molecule has 4 unspecified atom stereocenters. The minimum atomic E-state index is -0.864. The second-order valence-corrected chi connectivity index (χ2v) is 13.1. The van der Waals surface area contributed by atoms with Crippen molar-refractivity contribution >= 4 is 35.4 Å². The number of amides is 3. The Morgan fingerprint density at radius 1 is 1.05 bits per heavy atom. The number of aryl methyl sites for hydroxylation is 4. The smallest absolute Gasteiger partial charge is 0.408 e. The van der Waals surface area contributed by atoms with E-state index in [1.807, 2.05) is 64.3 Å². The van der Waals surface area contributed by atoms with E-state index in [1.165, 1.54) is 0 Å². The first-order valence-corrected chi connectivity index (χ1v) is 15.4. The van der Waals surface area contributed by atoms with Crippen molar-refractivity contribution in [3.05, 3.63) is 64.2 Å². The fourth-order valence-electron chi connectivity index (χ4n) is 5.10. The third kappa shape index (κ3) is 8.26. The van der Waals surface area contributed by atoms with Crippen LogP contribution in [-0.4, -0.2) is 52.5 Å². The SMILES string of the molecule is CSCCC(NC(=O)OC(C)(C)C)C(=O)N(C(C(=O)Nc1c(C)cccc1C)c1cc(C)cc(C)c1)C1CC1C. The summed E-state index contributed by atoms with van der Waals surface area (Å²) in [7, 11) is 0. The van der Waals surface area contributed by atoms with Crippen molar-refractivity contribution in [1.82, 2.24) is 10.2 Å². The molecule has 0 aromatic heterocycles. The lowest BCUT2D eigenvalue weighted by atomic mass is 9.97. The zero-order valence-corrected chi connectivity index (χ0v) is 26.2. The summed E-state index contributed by atoms with van der Waals surface area (Å²) >= 11 is 1.60. The van der Waals surface area contributed by atoms with Crippen molar-refractivity contribution in [2.45, 2.75) is 92.0 Å². The molecule has 8 heteroatoms. The first-order chi connectivity index (χ1) is 18.7.